The Morgan fingerprint density at radius 3 is 2.43 bits per heavy atom. The lowest BCUT2D eigenvalue weighted by Gasteiger charge is -2.00. The number of pyridine rings is 1. The summed E-state index contributed by atoms with van der Waals surface area (Å²) in [4.78, 5) is 9.11. The third-order valence-electron chi connectivity index (χ3n) is 3.65. The summed E-state index contributed by atoms with van der Waals surface area (Å²) < 4.78 is 0. The lowest BCUT2D eigenvalue weighted by molar-refractivity contribution is 1.05. The Hall–Kier alpha value is -2.30. The lowest BCUT2D eigenvalue weighted by Crippen LogP contribution is -1.90. The third-order valence-corrected chi connectivity index (χ3v) is 5.18. The van der Waals surface area contributed by atoms with Crippen molar-refractivity contribution < 1.29 is 0 Å². The minimum Gasteiger partial charge on any atom is -0.261 e. The number of thiophene rings is 1. The summed E-state index contributed by atoms with van der Waals surface area (Å²) in [5.41, 5.74) is 5.78. The largest absolute Gasteiger partial charge is 0.261 e. The second-order valence-electron chi connectivity index (χ2n) is 5.21. The van der Waals surface area contributed by atoms with Crippen LogP contribution in [0.5, 0.6) is 0 Å². The topological polar surface area (TPSA) is 25.8 Å². The second kappa shape index (κ2) is 6.44. The molecule has 3 heterocycles. The molecule has 0 radical (unpaired) electrons. The van der Waals surface area contributed by atoms with Gasteiger partial charge in [0.25, 0.3) is 0 Å². The number of rotatable bonds is 4. The van der Waals surface area contributed by atoms with Crippen LogP contribution in [0, 0.1) is 0 Å². The molecule has 0 N–H and O–H groups in total. The van der Waals surface area contributed by atoms with Gasteiger partial charge in [-0.1, -0.05) is 30.3 Å². The molecule has 0 fully saturated rings. The molecule has 112 valence electrons. The smallest absolute Gasteiger partial charge is 0.0992 e. The molecule has 0 aliphatic carbocycles. The lowest BCUT2D eigenvalue weighted by atomic mass is 10.1. The van der Waals surface area contributed by atoms with E-state index in [2.05, 4.69) is 51.5 Å². The molecule has 0 bridgehead atoms. The Labute approximate surface area is 143 Å². The molecule has 1 aromatic carbocycles. The van der Waals surface area contributed by atoms with E-state index >= 15 is 0 Å². The number of nitrogens with zero attached hydrogens (tertiary/aromatic N) is 2. The maximum atomic E-state index is 4.75. The average molecular weight is 334 g/mol. The first-order chi connectivity index (χ1) is 11.4. The van der Waals surface area contributed by atoms with Crippen molar-refractivity contribution in [1.29, 1.82) is 0 Å². The van der Waals surface area contributed by atoms with Crippen LogP contribution in [-0.2, 0) is 6.42 Å². The van der Waals surface area contributed by atoms with Crippen LogP contribution in [0.2, 0.25) is 0 Å². The monoisotopic (exact) mass is 334 g/mol. The van der Waals surface area contributed by atoms with Gasteiger partial charge in [-0.25, -0.2) is 4.98 Å². The summed E-state index contributed by atoms with van der Waals surface area (Å²) in [5, 5.41) is 7.49. The van der Waals surface area contributed by atoms with Gasteiger partial charge in [-0.3, -0.25) is 4.98 Å². The van der Waals surface area contributed by atoms with Crippen LogP contribution in [0.1, 0.15) is 10.7 Å². The average Bonchev–Trinajstić information content (AvgIpc) is 3.28. The van der Waals surface area contributed by atoms with Gasteiger partial charge in [0, 0.05) is 29.3 Å². The molecule has 0 amide bonds. The SMILES string of the molecule is c1ccc(Cc2nc(-c3ccc(-c4ccsc4)cc3)cs2)nc1. The molecule has 0 saturated heterocycles. The van der Waals surface area contributed by atoms with Crippen LogP contribution in [0.25, 0.3) is 22.4 Å². The molecule has 0 saturated carbocycles. The molecule has 3 aromatic heterocycles. The molecule has 4 rings (SSSR count). The second-order valence-corrected chi connectivity index (χ2v) is 6.94. The van der Waals surface area contributed by atoms with E-state index in [9.17, 15) is 0 Å². The summed E-state index contributed by atoms with van der Waals surface area (Å²) in [6.45, 7) is 0. The number of benzene rings is 1. The zero-order chi connectivity index (χ0) is 15.5. The molecule has 0 spiro atoms. The van der Waals surface area contributed by atoms with Crippen LogP contribution >= 0.6 is 22.7 Å². The minimum absolute atomic E-state index is 0.790. The Morgan fingerprint density at radius 2 is 1.70 bits per heavy atom. The molecular weight excluding hydrogens is 320 g/mol. The fourth-order valence-electron chi connectivity index (χ4n) is 2.44. The van der Waals surface area contributed by atoms with E-state index in [0.717, 1.165) is 28.4 Å². The highest BCUT2D eigenvalue weighted by molar-refractivity contribution is 7.10. The van der Waals surface area contributed by atoms with Gasteiger partial charge in [-0.05, 0) is 40.1 Å². The van der Waals surface area contributed by atoms with Gasteiger partial charge in [0.15, 0.2) is 0 Å². The van der Waals surface area contributed by atoms with Crippen LogP contribution < -0.4 is 0 Å². The summed E-state index contributed by atoms with van der Waals surface area (Å²) in [6, 6.07) is 16.7. The highest BCUT2D eigenvalue weighted by Gasteiger charge is 2.06. The molecular formula is C19H14N2S2. The van der Waals surface area contributed by atoms with E-state index in [0.29, 0.717) is 0 Å². The minimum atomic E-state index is 0.790. The highest BCUT2D eigenvalue weighted by atomic mass is 32.1. The Morgan fingerprint density at radius 1 is 0.826 bits per heavy atom. The van der Waals surface area contributed by atoms with Crippen molar-refractivity contribution in [3.8, 4) is 22.4 Å². The van der Waals surface area contributed by atoms with E-state index in [1.807, 2.05) is 24.4 Å². The molecule has 23 heavy (non-hydrogen) atoms. The van der Waals surface area contributed by atoms with Crippen molar-refractivity contribution in [2.24, 2.45) is 0 Å². The van der Waals surface area contributed by atoms with E-state index in [1.165, 1.54) is 11.1 Å². The van der Waals surface area contributed by atoms with E-state index < -0.39 is 0 Å². The van der Waals surface area contributed by atoms with E-state index in [1.54, 1.807) is 22.7 Å². The summed E-state index contributed by atoms with van der Waals surface area (Å²) in [5.74, 6) is 0. The van der Waals surface area contributed by atoms with Gasteiger partial charge in [0.2, 0.25) is 0 Å². The normalized spacial score (nSPS) is 10.8. The molecule has 0 atom stereocenters. The van der Waals surface area contributed by atoms with Crippen molar-refractivity contribution in [3.05, 3.63) is 81.6 Å². The fraction of sp³-hybridized carbons (Fsp3) is 0.0526. The first kappa shape index (κ1) is 14.3. The van der Waals surface area contributed by atoms with Crippen LogP contribution in [-0.4, -0.2) is 9.97 Å². The number of hydrogen-bond acceptors (Lipinski definition) is 4. The zero-order valence-electron chi connectivity index (χ0n) is 12.3. The maximum Gasteiger partial charge on any atom is 0.0992 e. The van der Waals surface area contributed by atoms with Gasteiger partial charge in [0.05, 0.1) is 10.7 Å². The molecule has 4 aromatic rings. The molecule has 0 aliphatic rings. The highest BCUT2D eigenvalue weighted by Crippen LogP contribution is 2.27. The van der Waals surface area contributed by atoms with Crippen molar-refractivity contribution >= 4 is 22.7 Å². The van der Waals surface area contributed by atoms with Gasteiger partial charge >= 0.3 is 0 Å². The van der Waals surface area contributed by atoms with Crippen molar-refractivity contribution in [2.45, 2.75) is 6.42 Å². The Bertz CT molecular complexity index is 879. The maximum absolute atomic E-state index is 4.75. The number of hydrogen-bond donors (Lipinski definition) is 0. The third kappa shape index (κ3) is 3.23. The van der Waals surface area contributed by atoms with Crippen LogP contribution in [0.15, 0.2) is 70.9 Å². The van der Waals surface area contributed by atoms with Gasteiger partial charge < -0.3 is 0 Å². The predicted octanol–water partition coefficient (Wildman–Crippen LogP) is 5.52. The van der Waals surface area contributed by atoms with Gasteiger partial charge in [-0.15, -0.1) is 11.3 Å². The zero-order valence-corrected chi connectivity index (χ0v) is 14.0. The fourth-order valence-corrected chi connectivity index (χ4v) is 3.93. The molecule has 0 unspecified atom stereocenters. The van der Waals surface area contributed by atoms with Crippen molar-refractivity contribution in [1.82, 2.24) is 9.97 Å². The quantitative estimate of drug-likeness (QED) is 0.491. The van der Waals surface area contributed by atoms with E-state index in [-0.39, 0.29) is 0 Å². The number of aromatic nitrogens is 2. The van der Waals surface area contributed by atoms with Crippen LogP contribution in [0.4, 0.5) is 0 Å². The first-order valence-corrected chi connectivity index (χ1v) is 9.18. The van der Waals surface area contributed by atoms with Crippen molar-refractivity contribution in [2.75, 3.05) is 0 Å². The molecule has 2 nitrogen and oxygen atoms in total. The van der Waals surface area contributed by atoms with Gasteiger partial charge in [-0.2, -0.15) is 11.3 Å². The van der Waals surface area contributed by atoms with Gasteiger partial charge in [0.1, 0.15) is 0 Å². The Balaban J connectivity index is 1.54. The summed E-state index contributed by atoms with van der Waals surface area (Å²) in [7, 11) is 0. The standard InChI is InChI=1S/C19H14N2S2/c1-2-9-20-17(3-1)11-19-21-18(13-23-19)15-6-4-14(5-7-15)16-8-10-22-12-16/h1-10,12-13H,11H2. The summed E-state index contributed by atoms with van der Waals surface area (Å²) in [6.07, 6.45) is 2.62. The van der Waals surface area contributed by atoms with Crippen molar-refractivity contribution in [3.63, 3.8) is 0 Å². The first-order valence-electron chi connectivity index (χ1n) is 7.36. The number of thiazole rings is 1. The predicted molar refractivity (Wildman–Crippen MR) is 97.9 cm³/mol. The molecule has 4 heteroatoms. The summed E-state index contributed by atoms with van der Waals surface area (Å²) >= 11 is 3.41. The molecule has 0 aliphatic heterocycles. The van der Waals surface area contributed by atoms with E-state index in [4.69, 9.17) is 4.98 Å². The Kier molecular flexibility index (Phi) is 4.01. The van der Waals surface area contributed by atoms with Crippen LogP contribution in [0.3, 0.4) is 0 Å².